The number of pyridine rings is 1. The molecule has 0 fully saturated rings. The number of carbonyl (C=O) groups is 1. The molecule has 0 amide bonds. The van der Waals surface area contributed by atoms with Gasteiger partial charge in [-0.1, -0.05) is 6.07 Å². The molecule has 0 aliphatic carbocycles. The number of carboxylic acids is 1. The van der Waals surface area contributed by atoms with E-state index in [2.05, 4.69) is 4.98 Å². The predicted molar refractivity (Wildman–Crippen MR) is 78.4 cm³/mol. The second-order valence-electron chi connectivity index (χ2n) is 4.54. The molecule has 0 spiro atoms. The van der Waals surface area contributed by atoms with Gasteiger partial charge in [-0.15, -0.1) is 0 Å². The molecule has 2 aromatic rings. The van der Waals surface area contributed by atoms with Crippen LogP contribution < -0.4 is 9.47 Å². The molecule has 21 heavy (non-hydrogen) atoms. The van der Waals surface area contributed by atoms with Gasteiger partial charge in [0.05, 0.1) is 12.3 Å². The van der Waals surface area contributed by atoms with Gasteiger partial charge in [0, 0.05) is 17.8 Å². The van der Waals surface area contributed by atoms with E-state index < -0.39 is 5.97 Å². The van der Waals surface area contributed by atoms with Gasteiger partial charge in [0.1, 0.15) is 22.8 Å². The number of aromatic carboxylic acids is 1. The summed E-state index contributed by atoms with van der Waals surface area (Å²) in [6.07, 6.45) is 0. The number of hydrogen-bond donors (Lipinski definition) is 1. The lowest BCUT2D eigenvalue weighted by Gasteiger charge is -2.12. The van der Waals surface area contributed by atoms with Crippen molar-refractivity contribution in [2.24, 2.45) is 0 Å². The van der Waals surface area contributed by atoms with E-state index in [4.69, 9.17) is 9.47 Å². The number of nitrogens with zero attached hydrogens (tertiary/aromatic N) is 1. The average Bonchev–Trinajstić information content (AvgIpc) is 2.38. The Morgan fingerprint density at radius 2 is 1.95 bits per heavy atom. The van der Waals surface area contributed by atoms with Crippen LogP contribution in [0.15, 0.2) is 30.3 Å². The summed E-state index contributed by atoms with van der Waals surface area (Å²) in [4.78, 5) is 15.5. The first-order valence-corrected chi connectivity index (χ1v) is 6.63. The molecule has 1 aromatic carbocycles. The minimum Gasteiger partial charge on any atom is -0.494 e. The Balaban J connectivity index is 2.39. The fourth-order valence-electron chi connectivity index (χ4n) is 2.05. The zero-order chi connectivity index (χ0) is 15.4. The van der Waals surface area contributed by atoms with Gasteiger partial charge in [-0.25, -0.2) is 4.79 Å². The first-order valence-electron chi connectivity index (χ1n) is 6.63. The van der Waals surface area contributed by atoms with E-state index in [0.717, 1.165) is 0 Å². The molecule has 2 rings (SSSR count). The Morgan fingerprint density at radius 1 is 1.24 bits per heavy atom. The quantitative estimate of drug-likeness (QED) is 0.910. The number of aryl methyl sites for hydroxylation is 2. The molecule has 1 aromatic heterocycles. The Labute approximate surface area is 123 Å². The van der Waals surface area contributed by atoms with Gasteiger partial charge in [0.2, 0.25) is 0 Å². The van der Waals surface area contributed by atoms with E-state index in [1.165, 1.54) is 0 Å². The number of ether oxygens (including phenoxy) is 2. The van der Waals surface area contributed by atoms with E-state index in [9.17, 15) is 9.90 Å². The second-order valence-corrected chi connectivity index (χ2v) is 4.54. The molecule has 0 unspecified atom stereocenters. The standard InChI is InChI=1S/C16H17NO4/c1-4-20-12-6-5-7-13(9-12)21-14-8-10(2)17-11(3)15(14)16(18)19/h5-9H,4H2,1-3H3,(H,18,19). The van der Waals surface area contributed by atoms with Crippen molar-refractivity contribution in [2.75, 3.05) is 6.61 Å². The molecule has 0 radical (unpaired) electrons. The molecule has 5 nitrogen and oxygen atoms in total. The molecule has 1 heterocycles. The van der Waals surface area contributed by atoms with Crippen molar-refractivity contribution >= 4 is 5.97 Å². The summed E-state index contributed by atoms with van der Waals surface area (Å²) < 4.78 is 11.1. The fourth-order valence-corrected chi connectivity index (χ4v) is 2.05. The van der Waals surface area contributed by atoms with Gasteiger partial charge in [0.15, 0.2) is 0 Å². The summed E-state index contributed by atoms with van der Waals surface area (Å²) >= 11 is 0. The van der Waals surface area contributed by atoms with Crippen LogP contribution >= 0.6 is 0 Å². The van der Waals surface area contributed by atoms with Crippen molar-refractivity contribution in [1.29, 1.82) is 0 Å². The third-order valence-electron chi connectivity index (χ3n) is 2.85. The first-order chi connectivity index (χ1) is 10.0. The summed E-state index contributed by atoms with van der Waals surface area (Å²) in [6, 6.07) is 8.70. The minimum atomic E-state index is -1.06. The van der Waals surface area contributed by atoms with Crippen LogP contribution in [-0.2, 0) is 0 Å². The Hall–Kier alpha value is -2.56. The lowest BCUT2D eigenvalue weighted by molar-refractivity contribution is 0.0693. The lowest BCUT2D eigenvalue weighted by Crippen LogP contribution is -2.06. The highest BCUT2D eigenvalue weighted by atomic mass is 16.5. The number of carboxylic acid groups (broad SMARTS) is 1. The Bertz CT molecular complexity index is 667. The Kier molecular flexibility index (Phi) is 4.42. The molecule has 0 bridgehead atoms. The highest BCUT2D eigenvalue weighted by Gasteiger charge is 2.17. The largest absolute Gasteiger partial charge is 0.494 e. The molecular weight excluding hydrogens is 270 g/mol. The third-order valence-corrected chi connectivity index (χ3v) is 2.85. The molecule has 0 atom stereocenters. The van der Waals surface area contributed by atoms with Gasteiger partial charge < -0.3 is 14.6 Å². The van der Waals surface area contributed by atoms with Gasteiger partial charge >= 0.3 is 5.97 Å². The van der Waals surface area contributed by atoms with Crippen LogP contribution in [0.2, 0.25) is 0 Å². The number of hydrogen-bond acceptors (Lipinski definition) is 4. The number of aromatic nitrogens is 1. The van der Waals surface area contributed by atoms with E-state index in [1.54, 1.807) is 38.1 Å². The van der Waals surface area contributed by atoms with Crippen LogP contribution in [0.4, 0.5) is 0 Å². The van der Waals surface area contributed by atoms with E-state index in [1.807, 2.05) is 13.0 Å². The van der Waals surface area contributed by atoms with Gasteiger partial charge in [-0.2, -0.15) is 0 Å². The number of benzene rings is 1. The van der Waals surface area contributed by atoms with Crippen molar-refractivity contribution in [1.82, 2.24) is 4.98 Å². The molecule has 5 heteroatoms. The predicted octanol–water partition coefficient (Wildman–Crippen LogP) is 3.59. The average molecular weight is 287 g/mol. The van der Waals surface area contributed by atoms with Crippen LogP contribution in [0.3, 0.4) is 0 Å². The fraction of sp³-hybridized carbons (Fsp3) is 0.250. The van der Waals surface area contributed by atoms with Crippen molar-refractivity contribution in [3.05, 3.63) is 47.3 Å². The van der Waals surface area contributed by atoms with Crippen molar-refractivity contribution in [3.63, 3.8) is 0 Å². The molecule has 110 valence electrons. The second kappa shape index (κ2) is 6.26. The Morgan fingerprint density at radius 3 is 2.62 bits per heavy atom. The monoisotopic (exact) mass is 287 g/mol. The van der Waals surface area contributed by atoms with Crippen molar-refractivity contribution < 1.29 is 19.4 Å². The van der Waals surface area contributed by atoms with E-state index in [-0.39, 0.29) is 11.3 Å². The van der Waals surface area contributed by atoms with Crippen LogP contribution in [-0.4, -0.2) is 22.7 Å². The SMILES string of the molecule is CCOc1cccc(Oc2cc(C)nc(C)c2C(=O)O)c1. The smallest absolute Gasteiger partial charge is 0.341 e. The summed E-state index contributed by atoms with van der Waals surface area (Å²) in [5.41, 5.74) is 1.20. The van der Waals surface area contributed by atoms with Crippen LogP contribution in [0, 0.1) is 13.8 Å². The molecule has 0 saturated heterocycles. The summed E-state index contributed by atoms with van der Waals surface area (Å²) in [5, 5.41) is 9.31. The van der Waals surface area contributed by atoms with Crippen LogP contribution in [0.1, 0.15) is 28.7 Å². The van der Waals surface area contributed by atoms with Crippen LogP contribution in [0.5, 0.6) is 17.2 Å². The first kappa shape index (κ1) is 14.8. The van der Waals surface area contributed by atoms with Crippen molar-refractivity contribution in [2.45, 2.75) is 20.8 Å². The van der Waals surface area contributed by atoms with E-state index >= 15 is 0 Å². The third kappa shape index (κ3) is 3.51. The van der Waals surface area contributed by atoms with Gasteiger partial charge in [-0.3, -0.25) is 4.98 Å². The van der Waals surface area contributed by atoms with Crippen molar-refractivity contribution in [3.8, 4) is 17.2 Å². The summed E-state index contributed by atoms with van der Waals surface area (Å²) in [6.45, 7) is 5.89. The lowest BCUT2D eigenvalue weighted by atomic mass is 10.1. The zero-order valence-electron chi connectivity index (χ0n) is 12.2. The molecule has 0 aliphatic rings. The highest BCUT2D eigenvalue weighted by molar-refractivity contribution is 5.92. The van der Waals surface area contributed by atoms with Gasteiger partial charge in [-0.05, 0) is 32.9 Å². The molecule has 1 N–H and O–H groups in total. The zero-order valence-corrected chi connectivity index (χ0v) is 12.2. The topological polar surface area (TPSA) is 68.7 Å². The van der Waals surface area contributed by atoms with E-state index in [0.29, 0.717) is 29.5 Å². The summed E-state index contributed by atoms with van der Waals surface area (Å²) in [7, 11) is 0. The van der Waals surface area contributed by atoms with Gasteiger partial charge in [0.25, 0.3) is 0 Å². The maximum Gasteiger partial charge on any atom is 0.341 e. The minimum absolute atomic E-state index is 0.0717. The normalized spacial score (nSPS) is 10.2. The van der Waals surface area contributed by atoms with Crippen LogP contribution in [0.25, 0.3) is 0 Å². The maximum atomic E-state index is 11.4. The number of rotatable bonds is 5. The highest BCUT2D eigenvalue weighted by Crippen LogP contribution is 2.29. The molecule has 0 saturated carbocycles. The maximum absolute atomic E-state index is 11.4. The molecular formula is C16H17NO4. The molecule has 0 aliphatic heterocycles. The summed E-state index contributed by atoms with van der Waals surface area (Å²) in [5.74, 6) is 0.417.